The van der Waals surface area contributed by atoms with Gasteiger partial charge in [-0.3, -0.25) is 9.78 Å². The number of halogens is 3. The molecule has 0 amide bonds. The van der Waals surface area contributed by atoms with Crippen molar-refractivity contribution in [3.63, 3.8) is 0 Å². The van der Waals surface area contributed by atoms with Gasteiger partial charge in [0, 0.05) is 9.50 Å². The van der Waals surface area contributed by atoms with Crippen molar-refractivity contribution in [2.24, 2.45) is 0 Å². The molecule has 1 aromatic heterocycles. The second-order valence-corrected chi connectivity index (χ2v) is 5.88. The second kappa shape index (κ2) is 6.16. The van der Waals surface area contributed by atoms with Crippen LogP contribution >= 0.6 is 39.1 Å². The molecular formula is C13H11BrCl2N2O2. The molecule has 1 N–H and O–H groups in total. The van der Waals surface area contributed by atoms with E-state index < -0.39 is 11.2 Å². The number of aromatic amines is 1. The minimum Gasteiger partial charge on any atom is -0.297 e. The molecule has 1 aromatic carbocycles. The van der Waals surface area contributed by atoms with Gasteiger partial charge in [-0.25, -0.2) is 9.36 Å². The standard InChI is InChI=1S/C13H11BrCl2N2O2/c1-2-3-8-11(16)17-13(20)18(12(8)19)10-5-4-7(15)6-9(10)14/h4-6H,2-3H2,1H3,(H,17,20). The van der Waals surface area contributed by atoms with Crippen molar-refractivity contribution in [2.75, 3.05) is 0 Å². The van der Waals surface area contributed by atoms with E-state index in [4.69, 9.17) is 23.2 Å². The van der Waals surface area contributed by atoms with Gasteiger partial charge in [-0.2, -0.15) is 0 Å². The highest BCUT2D eigenvalue weighted by atomic mass is 79.9. The molecule has 2 aromatic rings. The Kier molecular flexibility index (Phi) is 4.73. The Morgan fingerprint density at radius 2 is 2.00 bits per heavy atom. The van der Waals surface area contributed by atoms with Gasteiger partial charge in [-0.05, 0) is 40.5 Å². The first-order valence-electron chi connectivity index (χ1n) is 5.94. The summed E-state index contributed by atoms with van der Waals surface area (Å²) in [4.78, 5) is 27.0. The van der Waals surface area contributed by atoms with Crippen LogP contribution in [0.4, 0.5) is 0 Å². The van der Waals surface area contributed by atoms with Gasteiger partial charge >= 0.3 is 5.69 Å². The van der Waals surface area contributed by atoms with E-state index in [1.807, 2.05) is 6.92 Å². The van der Waals surface area contributed by atoms with Gasteiger partial charge in [0.1, 0.15) is 5.15 Å². The third-order valence-corrected chi connectivity index (χ3v) is 3.99. The van der Waals surface area contributed by atoms with Gasteiger partial charge in [-0.1, -0.05) is 36.5 Å². The van der Waals surface area contributed by atoms with E-state index in [1.165, 1.54) is 0 Å². The molecular weight excluding hydrogens is 367 g/mol. The number of benzene rings is 1. The predicted molar refractivity (Wildman–Crippen MR) is 84.4 cm³/mol. The largest absolute Gasteiger partial charge is 0.334 e. The van der Waals surface area contributed by atoms with Gasteiger partial charge < -0.3 is 0 Å². The Morgan fingerprint density at radius 3 is 2.60 bits per heavy atom. The average Bonchev–Trinajstić information content (AvgIpc) is 2.37. The highest BCUT2D eigenvalue weighted by Gasteiger charge is 2.15. The third-order valence-electron chi connectivity index (χ3n) is 2.80. The van der Waals surface area contributed by atoms with E-state index in [-0.39, 0.29) is 5.15 Å². The molecule has 0 radical (unpaired) electrons. The molecule has 0 fully saturated rings. The molecule has 0 atom stereocenters. The second-order valence-electron chi connectivity index (χ2n) is 4.21. The topological polar surface area (TPSA) is 54.9 Å². The Balaban J connectivity index is 2.77. The first kappa shape index (κ1) is 15.4. The minimum absolute atomic E-state index is 0.100. The van der Waals surface area contributed by atoms with Crippen LogP contribution in [0.3, 0.4) is 0 Å². The van der Waals surface area contributed by atoms with E-state index in [2.05, 4.69) is 20.9 Å². The SMILES string of the molecule is CCCc1c(Cl)[nH]c(=O)n(-c2ccc(Cl)cc2Br)c1=O. The van der Waals surface area contributed by atoms with Crippen LogP contribution in [0.5, 0.6) is 0 Å². The van der Waals surface area contributed by atoms with Crippen molar-refractivity contribution >= 4 is 39.1 Å². The Hall–Kier alpha value is -1.04. The quantitative estimate of drug-likeness (QED) is 0.831. The lowest BCUT2D eigenvalue weighted by molar-refractivity contribution is 0.810. The number of nitrogens with zero attached hydrogens (tertiary/aromatic N) is 1. The zero-order valence-corrected chi connectivity index (χ0v) is 13.6. The summed E-state index contributed by atoms with van der Waals surface area (Å²) in [7, 11) is 0. The van der Waals surface area contributed by atoms with Gasteiger partial charge in [0.15, 0.2) is 0 Å². The van der Waals surface area contributed by atoms with Crippen LogP contribution in [-0.4, -0.2) is 9.55 Å². The molecule has 0 saturated heterocycles. The molecule has 2 rings (SSSR count). The zero-order chi connectivity index (χ0) is 14.9. The number of hydrogen-bond acceptors (Lipinski definition) is 2. The fourth-order valence-corrected chi connectivity index (χ4v) is 3.01. The van der Waals surface area contributed by atoms with Gasteiger partial charge in [-0.15, -0.1) is 0 Å². The van der Waals surface area contributed by atoms with Crippen LogP contribution in [0.2, 0.25) is 10.2 Å². The normalized spacial score (nSPS) is 10.8. The van der Waals surface area contributed by atoms with Crippen LogP contribution in [0.1, 0.15) is 18.9 Å². The molecule has 0 aliphatic heterocycles. The Labute approximate surface area is 133 Å². The van der Waals surface area contributed by atoms with Crippen molar-refractivity contribution < 1.29 is 0 Å². The van der Waals surface area contributed by atoms with E-state index in [0.717, 1.165) is 11.0 Å². The summed E-state index contributed by atoms with van der Waals surface area (Å²) >= 11 is 15.1. The van der Waals surface area contributed by atoms with Crippen LogP contribution < -0.4 is 11.2 Å². The summed E-state index contributed by atoms with van der Waals surface area (Å²) in [6.07, 6.45) is 1.25. The van der Waals surface area contributed by atoms with Crippen molar-refractivity contribution in [2.45, 2.75) is 19.8 Å². The van der Waals surface area contributed by atoms with Crippen LogP contribution in [0, 0.1) is 0 Å². The smallest absolute Gasteiger partial charge is 0.297 e. The molecule has 4 nitrogen and oxygen atoms in total. The Bertz CT molecular complexity index is 768. The number of aromatic nitrogens is 2. The number of rotatable bonds is 3. The number of hydrogen-bond donors (Lipinski definition) is 1. The molecule has 20 heavy (non-hydrogen) atoms. The van der Waals surface area contributed by atoms with E-state index >= 15 is 0 Å². The van der Waals surface area contributed by atoms with E-state index in [0.29, 0.717) is 27.2 Å². The van der Waals surface area contributed by atoms with Crippen molar-refractivity contribution in [3.05, 3.63) is 59.2 Å². The zero-order valence-electron chi connectivity index (χ0n) is 10.5. The number of H-pyrrole nitrogens is 1. The molecule has 0 aliphatic carbocycles. The van der Waals surface area contributed by atoms with E-state index in [1.54, 1.807) is 18.2 Å². The summed E-state index contributed by atoms with van der Waals surface area (Å²) < 4.78 is 1.61. The molecule has 0 saturated carbocycles. The highest BCUT2D eigenvalue weighted by Crippen LogP contribution is 2.23. The fraction of sp³-hybridized carbons (Fsp3) is 0.231. The molecule has 7 heteroatoms. The van der Waals surface area contributed by atoms with Gasteiger partial charge in [0.05, 0.1) is 11.3 Å². The molecule has 106 valence electrons. The first-order valence-corrected chi connectivity index (χ1v) is 7.49. The summed E-state index contributed by atoms with van der Waals surface area (Å²) in [5.74, 6) is 0. The van der Waals surface area contributed by atoms with E-state index in [9.17, 15) is 9.59 Å². The monoisotopic (exact) mass is 376 g/mol. The minimum atomic E-state index is -0.581. The summed E-state index contributed by atoms with van der Waals surface area (Å²) in [5, 5.41) is 0.607. The number of nitrogens with one attached hydrogen (secondary N) is 1. The van der Waals surface area contributed by atoms with Gasteiger partial charge in [0.25, 0.3) is 5.56 Å². The van der Waals surface area contributed by atoms with Crippen molar-refractivity contribution in [1.82, 2.24) is 9.55 Å². The predicted octanol–water partition coefficient (Wildman–Crippen LogP) is 3.55. The van der Waals surface area contributed by atoms with Crippen LogP contribution in [-0.2, 0) is 6.42 Å². The molecule has 0 unspecified atom stereocenters. The maximum atomic E-state index is 12.4. The Morgan fingerprint density at radius 1 is 1.30 bits per heavy atom. The van der Waals surface area contributed by atoms with Crippen LogP contribution in [0.25, 0.3) is 5.69 Å². The van der Waals surface area contributed by atoms with Crippen molar-refractivity contribution in [3.8, 4) is 5.69 Å². The molecule has 0 aliphatic rings. The maximum absolute atomic E-state index is 12.4. The average molecular weight is 378 g/mol. The molecule has 0 spiro atoms. The fourth-order valence-electron chi connectivity index (χ4n) is 1.89. The summed E-state index contributed by atoms with van der Waals surface area (Å²) in [6.45, 7) is 1.93. The lowest BCUT2D eigenvalue weighted by Crippen LogP contribution is -2.36. The van der Waals surface area contributed by atoms with Gasteiger partial charge in [0.2, 0.25) is 0 Å². The summed E-state index contributed by atoms with van der Waals surface area (Å²) in [5.41, 5.74) is -0.170. The maximum Gasteiger partial charge on any atom is 0.334 e. The van der Waals surface area contributed by atoms with Crippen molar-refractivity contribution in [1.29, 1.82) is 0 Å². The first-order chi connectivity index (χ1) is 9.45. The third kappa shape index (κ3) is 2.85. The lowest BCUT2D eigenvalue weighted by Gasteiger charge is -2.10. The summed E-state index contributed by atoms with van der Waals surface area (Å²) in [6, 6.07) is 4.84. The highest BCUT2D eigenvalue weighted by molar-refractivity contribution is 9.10. The van der Waals surface area contributed by atoms with Crippen LogP contribution in [0.15, 0.2) is 32.3 Å². The lowest BCUT2D eigenvalue weighted by atomic mass is 10.2. The molecule has 1 heterocycles. The molecule has 0 bridgehead atoms.